The quantitative estimate of drug-likeness (QED) is 0.707. The minimum absolute atomic E-state index is 0.394. The first-order chi connectivity index (χ1) is 12.1. The molecule has 1 aromatic carbocycles. The molecule has 1 aromatic rings. The number of carboxylic acids is 1. The number of ether oxygens (including phenoxy) is 1. The number of carbonyl (C=O) groups is 1. The zero-order chi connectivity index (χ0) is 19.5. The van der Waals surface area contributed by atoms with Crippen LogP contribution in [0.1, 0.15) is 33.3 Å². The molecule has 1 aliphatic rings. The van der Waals surface area contributed by atoms with Gasteiger partial charge in [0.15, 0.2) is 6.61 Å². The van der Waals surface area contributed by atoms with Crippen molar-refractivity contribution in [3.05, 3.63) is 34.3 Å². The first-order valence-electron chi connectivity index (χ1n) is 8.40. The molecule has 0 radical (unpaired) electrons. The molecule has 0 atom stereocenters. The molecule has 2 N–H and O–H groups in total. The first kappa shape index (κ1) is 20.8. The van der Waals surface area contributed by atoms with Crippen molar-refractivity contribution in [1.29, 1.82) is 0 Å². The van der Waals surface area contributed by atoms with Crippen molar-refractivity contribution in [3.8, 4) is 5.75 Å². The molecule has 0 saturated carbocycles. The normalized spacial score (nSPS) is 18.8. The van der Waals surface area contributed by atoms with Crippen LogP contribution in [-0.4, -0.2) is 49.6 Å². The average Bonchev–Trinajstić information content (AvgIpc) is 2.74. The summed E-state index contributed by atoms with van der Waals surface area (Å²) in [5.41, 5.74) is 0.671. The van der Waals surface area contributed by atoms with E-state index in [1.165, 1.54) is 0 Å². The third-order valence-electron chi connectivity index (χ3n) is 4.60. The van der Waals surface area contributed by atoms with Crippen LogP contribution in [0.3, 0.4) is 0 Å². The van der Waals surface area contributed by atoms with Crippen LogP contribution in [0.2, 0.25) is 5.02 Å². The Morgan fingerprint density at radius 1 is 1.31 bits per heavy atom. The predicted molar refractivity (Wildman–Crippen MR) is 103 cm³/mol. The molecule has 1 saturated heterocycles. The Balaban J connectivity index is 2.36. The number of likely N-dealkylation sites (N-methyl/N-ethyl adjacent to an activating group) is 1. The van der Waals surface area contributed by atoms with Gasteiger partial charge in [-0.1, -0.05) is 17.7 Å². The van der Waals surface area contributed by atoms with Gasteiger partial charge in [0.1, 0.15) is 5.75 Å². The van der Waals surface area contributed by atoms with Crippen molar-refractivity contribution >= 4 is 30.8 Å². The van der Waals surface area contributed by atoms with E-state index in [4.69, 9.17) is 30.8 Å². The second-order valence-corrected chi connectivity index (χ2v) is 7.64. The van der Waals surface area contributed by atoms with E-state index in [9.17, 15) is 4.79 Å². The van der Waals surface area contributed by atoms with Gasteiger partial charge in [0.2, 0.25) is 0 Å². The zero-order valence-corrected chi connectivity index (χ0v) is 16.5. The highest BCUT2D eigenvalue weighted by atomic mass is 35.5. The van der Waals surface area contributed by atoms with E-state index in [0.717, 1.165) is 5.47 Å². The molecule has 8 heteroatoms. The molecule has 26 heavy (non-hydrogen) atoms. The molecule has 0 bridgehead atoms. The number of aliphatic carboxylic acids is 1. The molecular formula is C18H25BClNO5. The van der Waals surface area contributed by atoms with Crippen LogP contribution >= 0.6 is 11.6 Å². The summed E-state index contributed by atoms with van der Waals surface area (Å²) in [7, 11) is 1.32. The fraction of sp³-hybridized carbons (Fsp3) is 0.500. The van der Waals surface area contributed by atoms with Crippen LogP contribution in [0.4, 0.5) is 0 Å². The highest BCUT2D eigenvalue weighted by Gasteiger charge is 2.52. The topological polar surface area (TPSA) is 77.0 Å². The van der Waals surface area contributed by atoms with Crippen molar-refractivity contribution in [1.82, 2.24) is 5.32 Å². The summed E-state index contributed by atoms with van der Waals surface area (Å²) in [6, 6.07) is 5.10. The fourth-order valence-electron chi connectivity index (χ4n) is 2.49. The van der Waals surface area contributed by atoms with E-state index in [1.807, 2.05) is 40.8 Å². The smallest absolute Gasteiger partial charge is 0.481 e. The van der Waals surface area contributed by atoms with Gasteiger partial charge in [-0.3, -0.25) is 0 Å². The Morgan fingerprint density at radius 2 is 1.92 bits per heavy atom. The summed E-state index contributed by atoms with van der Waals surface area (Å²) < 4.78 is 17.6. The van der Waals surface area contributed by atoms with Crippen molar-refractivity contribution in [3.63, 3.8) is 0 Å². The summed E-state index contributed by atoms with van der Waals surface area (Å²) >= 11 is 6.02. The zero-order valence-electron chi connectivity index (χ0n) is 15.8. The van der Waals surface area contributed by atoms with Gasteiger partial charge in [0.25, 0.3) is 0 Å². The largest absolute Gasteiger partial charge is 0.491 e. The molecule has 1 aliphatic heterocycles. The lowest BCUT2D eigenvalue weighted by Crippen LogP contribution is -2.41. The number of hydrogen-bond acceptors (Lipinski definition) is 5. The van der Waals surface area contributed by atoms with Crippen LogP contribution in [0.5, 0.6) is 5.75 Å². The van der Waals surface area contributed by atoms with E-state index in [1.54, 1.807) is 18.2 Å². The molecule has 1 fully saturated rings. The summed E-state index contributed by atoms with van der Waals surface area (Å²) in [4.78, 5) is 10.8. The van der Waals surface area contributed by atoms with Crippen LogP contribution in [0.25, 0.3) is 6.08 Å². The minimum Gasteiger partial charge on any atom is -0.481 e. The fourth-order valence-corrected chi connectivity index (χ4v) is 2.65. The highest BCUT2D eigenvalue weighted by molar-refractivity contribution is 6.56. The number of nitrogens with one attached hydrogen (secondary N) is 1. The summed E-state index contributed by atoms with van der Waals surface area (Å²) in [5, 5.41) is 12.4. The lowest BCUT2D eigenvalue weighted by molar-refractivity contribution is -0.139. The molecule has 0 aromatic heterocycles. The van der Waals surface area contributed by atoms with Crippen LogP contribution in [0, 0.1) is 0 Å². The Kier molecular flexibility index (Phi) is 6.39. The van der Waals surface area contributed by atoms with Gasteiger partial charge in [-0.05, 0) is 58.4 Å². The molecule has 142 valence electrons. The van der Waals surface area contributed by atoms with Crippen LogP contribution < -0.4 is 10.1 Å². The standard InChI is InChI=1S/C18H25BClNO5/c1-17(2)18(3,4)26-19(25-17)13(10-21-5)8-12-6-7-14(20)9-15(12)24-11-16(22)23/h6-9,21H,10-11H2,1-5H3,(H,22,23). The molecule has 0 spiro atoms. The highest BCUT2D eigenvalue weighted by Crippen LogP contribution is 2.39. The number of halogens is 1. The first-order valence-corrected chi connectivity index (χ1v) is 8.78. The van der Waals surface area contributed by atoms with E-state index in [-0.39, 0.29) is 0 Å². The molecule has 2 rings (SSSR count). The average molecular weight is 382 g/mol. The van der Waals surface area contributed by atoms with Gasteiger partial charge in [-0.2, -0.15) is 0 Å². The Hall–Kier alpha value is -1.54. The van der Waals surface area contributed by atoms with Crippen molar-refractivity contribution in [2.45, 2.75) is 38.9 Å². The van der Waals surface area contributed by atoms with E-state index < -0.39 is 30.9 Å². The SMILES string of the molecule is CNCC(=Cc1ccc(Cl)cc1OCC(=O)O)B1OC(C)(C)C(C)(C)O1. The third kappa shape index (κ3) is 4.79. The molecule has 1 heterocycles. The monoisotopic (exact) mass is 381 g/mol. The van der Waals surface area contributed by atoms with E-state index in [2.05, 4.69) is 5.32 Å². The lowest BCUT2D eigenvalue weighted by atomic mass is 9.77. The Morgan fingerprint density at radius 3 is 2.46 bits per heavy atom. The maximum Gasteiger partial charge on any atom is 0.491 e. The van der Waals surface area contributed by atoms with Gasteiger partial charge < -0.3 is 24.5 Å². The van der Waals surface area contributed by atoms with Crippen molar-refractivity contribution in [2.75, 3.05) is 20.2 Å². The molecule has 6 nitrogen and oxygen atoms in total. The number of carboxylic acid groups (broad SMARTS) is 1. The maximum atomic E-state index is 10.8. The summed E-state index contributed by atoms with van der Waals surface area (Å²) in [5.74, 6) is -0.661. The molecule has 0 unspecified atom stereocenters. The van der Waals surface area contributed by atoms with Gasteiger partial charge >= 0.3 is 13.1 Å². The maximum absolute atomic E-state index is 10.8. The molecular weight excluding hydrogens is 356 g/mol. The summed E-state index contributed by atoms with van der Waals surface area (Å²) in [6.07, 6.45) is 1.88. The Labute approximate surface area is 159 Å². The number of benzene rings is 1. The van der Waals surface area contributed by atoms with Crippen LogP contribution in [-0.2, 0) is 14.1 Å². The van der Waals surface area contributed by atoms with Gasteiger partial charge in [-0.25, -0.2) is 4.79 Å². The minimum atomic E-state index is -1.05. The summed E-state index contributed by atoms with van der Waals surface area (Å²) in [6.45, 7) is 8.07. The lowest BCUT2D eigenvalue weighted by Gasteiger charge is -2.32. The second-order valence-electron chi connectivity index (χ2n) is 7.20. The van der Waals surface area contributed by atoms with E-state index >= 15 is 0 Å². The third-order valence-corrected chi connectivity index (χ3v) is 4.84. The van der Waals surface area contributed by atoms with Gasteiger partial charge in [0, 0.05) is 17.1 Å². The van der Waals surface area contributed by atoms with Crippen molar-refractivity contribution < 1.29 is 23.9 Å². The van der Waals surface area contributed by atoms with Crippen molar-refractivity contribution in [2.24, 2.45) is 0 Å². The predicted octanol–water partition coefficient (Wildman–Crippen LogP) is 3.04. The Bertz CT molecular complexity index is 689. The second kappa shape index (κ2) is 8.00. The van der Waals surface area contributed by atoms with Crippen LogP contribution in [0.15, 0.2) is 23.7 Å². The number of hydrogen-bond donors (Lipinski definition) is 2. The molecule has 0 amide bonds. The van der Waals surface area contributed by atoms with Gasteiger partial charge in [0.05, 0.1) is 11.2 Å². The van der Waals surface area contributed by atoms with E-state index in [0.29, 0.717) is 22.9 Å². The van der Waals surface area contributed by atoms with Gasteiger partial charge in [-0.15, -0.1) is 0 Å². The number of rotatable bonds is 7. The molecule has 0 aliphatic carbocycles.